The van der Waals surface area contributed by atoms with Gasteiger partial charge in [0.2, 0.25) is 0 Å². The summed E-state index contributed by atoms with van der Waals surface area (Å²) in [5.41, 5.74) is 1.71. The van der Waals surface area contributed by atoms with Crippen molar-refractivity contribution in [3.63, 3.8) is 0 Å². The highest BCUT2D eigenvalue weighted by Crippen LogP contribution is 2.23. The minimum atomic E-state index is -0.771. The van der Waals surface area contributed by atoms with E-state index in [1.807, 2.05) is 26.1 Å². The number of hydrogen-bond acceptors (Lipinski definition) is 5. The first-order valence-electron chi connectivity index (χ1n) is 9.88. The molecule has 0 saturated heterocycles. The highest BCUT2D eigenvalue weighted by Gasteiger charge is 2.17. The molecule has 0 aliphatic carbocycles. The molecule has 1 amide bonds. The van der Waals surface area contributed by atoms with Crippen LogP contribution >= 0.6 is 11.6 Å². The van der Waals surface area contributed by atoms with E-state index in [4.69, 9.17) is 11.6 Å². The predicted octanol–water partition coefficient (Wildman–Crippen LogP) is 4.28. The maximum atomic E-state index is 13.8. The van der Waals surface area contributed by atoms with Gasteiger partial charge in [0.15, 0.2) is 0 Å². The lowest BCUT2D eigenvalue weighted by Crippen LogP contribution is -2.30. The zero-order valence-electron chi connectivity index (χ0n) is 17.4. The molecule has 3 N–H and O–H groups in total. The fraction of sp³-hybridized carbons (Fsp3) is 0.174. The molecule has 1 atom stereocenters. The number of nitrogens with one attached hydrogen (secondary N) is 2. The van der Waals surface area contributed by atoms with Gasteiger partial charge >= 0.3 is 0 Å². The van der Waals surface area contributed by atoms with E-state index in [1.54, 1.807) is 35.1 Å². The first kappa shape index (κ1) is 21.7. The van der Waals surface area contributed by atoms with Gasteiger partial charge in [-0.2, -0.15) is 5.10 Å². The van der Waals surface area contributed by atoms with Gasteiger partial charge in [-0.3, -0.25) is 9.48 Å². The quantitative estimate of drug-likeness (QED) is 0.405. The maximum Gasteiger partial charge on any atom is 0.251 e. The minimum absolute atomic E-state index is 0.0226. The molecule has 164 valence electrons. The van der Waals surface area contributed by atoms with E-state index in [0.717, 1.165) is 22.3 Å². The summed E-state index contributed by atoms with van der Waals surface area (Å²) in [6.45, 7) is 1.52. The number of nitrogens with zero attached hydrogens (tertiary/aromatic N) is 3. The second kappa shape index (κ2) is 8.94. The minimum Gasteiger partial charge on any atom is -0.394 e. The maximum absolute atomic E-state index is 13.8. The van der Waals surface area contributed by atoms with Crippen LogP contribution in [0.4, 0.5) is 16.0 Å². The molecule has 9 heteroatoms. The van der Waals surface area contributed by atoms with Crippen LogP contribution < -0.4 is 10.6 Å². The van der Waals surface area contributed by atoms with E-state index < -0.39 is 17.8 Å². The molecule has 0 aliphatic rings. The highest BCUT2D eigenvalue weighted by molar-refractivity contribution is 6.30. The Labute approximate surface area is 188 Å². The van der Waals surface area contributed by atoms with Crippen molar-refractivity contribution in [2.24, 2.45) is 7.05 Å². The van der Waals surface area contributed by atoms with E-state index in [2.05, 4.69) is 20.7 Å². The standard InChI is InChI=1S/C23H21ClFN5O2/c1-13-7-22(30(2)29-13)28-21-10-17-8-15(3-4-16(17)11-26-21)23(32)27-20(12-31)14-5-6-18(24)19(25)9-14/h3-11,20,31H,12H2,1-2H3,(H,26,28)(H,27,32)/t20-/m1/s1. The fourth-order valence-electron chi connectivity index (χ4n) is 3.41. The Morgan fingerprint density at radius 1 is 1.19 bits per heavy atom. The smallest absolute Gasteiger partial charge is 0.251 e. The van der Waals surface area contributed by atoms with Crippen molar-refractivity contribution >= 4 is 39.9 Å². The van der Waals surface area contributed by atoms with Crippen molar-refractivity contribution in [1.82, 2.24) is 20.1 Å². The summed E-state index contributed by atoms with van der Waals surface area (Å²) in [7, 11) is 1.84. The van der Waals surface area contributed by atoms with Crippen molar-refractivity contribution in [2.45, 2.75) is 13.0 Å². The van der Waals surface area contributed by atoms with Crippen LogP contribution in [-0.2, 0) is 7.05 Å². The second-order valence-electron chi connectivity index (χ2n) is 7.43. The average molecular weight is 454 g/mol. The lowest BCUT2D eigenvalue weighted by molar-refractivity contribution is 0.0916. The Morgan fingerprint density at radius 3 is 2.69 bits per heavy atom. The molecular formula is C23H21ClFN5O2. The topological polar surface area (TPSA) is 92.1 Å². The summed E-state index contributed by atoms with van der Waals surface area (Å²) in [6.07, 6.45) is 1.72. The van der Waals surface area contributed by atoms with Gasteiger partial charge in [-0.15, -0.1) is 0 Å². The number of carbonyl (C=O) groups excluding carboxylic acids is 1. The van der Waals surface area contributed by atoms with Crippen LogP contribution in [0.1, 0.15) is 27.7 Å². The van der Waals surface area contributed by atoms with Crippen LogP contribution in [0.5, 0.6) is 0 Å². The Balaban J connectivity index is 1.56. The Kier molecular flexibility index (Phi) is 6.07. The van der Waals surface area contributed by atoms with Gasteiger partial charge in [0.1, 0.15) is 17.5 Å². The third-order valence-electron chi connectivity index (χ3n) is 5.08. The molecule has 0 aliphatic heterocycles. The molecule has 2 heterocycles. The van der Waals surface area contributed by atoms with Crippen molar-refractivity contribution in [3.05, 3.63) is 82.4 Å². The number of aliphatic hydroxyl groups excluding tert-OH is 1. The largest absolute Gasteiger partial charge is 0.394 e. The van der Waals surface area contributed by atoms with Crippen LogP contribution in [0, 0.1) is 12.7 Å². The summed E-state index contributed by atoms with van der Waals surface area (Å²) in [4.78, 5) is 17.2. The SMILES string of the molecule is Cc1cc(Nc2cc3cc(C(=O)N[C@H](CO)c4ccc(Cl)c(F)c4)ccc3cn2)n(C)n1. The number of aliphatic hydroxyl groups is 1. The summed E-state index contributed by atoms with van der Waals surface area (Å²) in [5, 5.41) is 21.6. The number of anilines is 2. The highest BCUT2D eigenvalue weighted by atomic mass is 35.5. The lowest BCUT2D eigenvalue weighted by Gasteiger charge is -2.17. The molecule has 7 nitrogen and oxygen atoms in total. The number of benzene rings is 2. The molecule has 0 radical (unpaired) electrons. The monoisotopic (exact) mass is 453 g/mol. The first-order valence-corrected chi connectivity index (χ1v) is 10.3. The van der Waals surface area contributed by atoms with E-state index in [9.17, 15) is 14.3 Å². The Morgan fingerprint density at radius 2 is 2.00 bits per heavy atom. The van der Waals surface area contributed by atoms with Crippen LogP contribution in [0.15, 0.2) is 54.7 Å². The zero-order valence-corrected chi connectivity index (χ0v) is 18.2. The fourth-order valence-corrected chi connectivity index (χ4v) is 3.53. The molecule has 0 saturated carbocycles. The number of halogens is 2. The van der Waals surface area contributed by atoms with Gasteiger partial charge in [0.05, 0.1) is 23.4 Å². The Hall–Kier alpha value is -3.49. The van der Waals surface area contributed by atoms with Gasteiger partial charge in [-0.25, -0.2) is 9.37 Å². The normalized spacial score (nSPS) is 12.0. The van der Waals surface area contributed by atoms with Crippen LogP contribution in [0.25, 0.3) is 10.8 Å². The zero-order chi connectivity index (χ0) is 22.8. The first-order chi connectivity index (χ1) is 15.3. The number of pyridine rings is 1. The van der Waals surface area contributed by atoms with Gasteiger partial charge in [-0.05, 0) is 48.2 Å². The van der Waals surface area contributed by atoms with Crippen LogP contribution in [-0.4, -0.2) is 32.4 Å². The summed E-state index contributed by atoms with van der Waals surface area (Å²) < 4.78 is 15.5. The van der Waals surface area contributed by atoms with Gasteiger partial charge in [0.25, 0.3) is 5.91 Å². The molecule has 2 aromatic heterocycles. The molecule has 0 fully saturated rings. The van der Waals surface area contributed by atoms with E-state index in [1.165, 1.54) is 12.1 Å². The summed E-state index contributed by atoms with van der Waals surface area (Å²) in [5.74, 6) is 0.403. The molecule has 32 heavy (non-hydrogen) atoms. The molecule has 4 rings (SSSR count). The van der Waals surface area contributed by atoms with Crippen molar-refractivity contribution < 1.29 is 14.3 Å². The van der Waals surface area contributed by atoms with E-state index >= 15 is 0 Å². The summed E-state index contributed by atoms with van der Waals surface area (Å²) in [6, 6.07) is 12.3. The number of rotatable bonds is 6. The Bertz CT molecular complexity index is 1310. The third-order valence-corrected chi connectivity index (χ3v) is 5.38. The number of aryl methyl sites for hydroxylation is 2. The molecule has 0 spiro atoms. The van der Waals surface area contributed by atoms with Crippen LogP contribution in [0.2, 0.25) is 5.02 Å². The molecular weight excluding hydrogens is 433 g/mol. The number of aromatic nitrogens is 3. The summed E-state index contributed by atoms with van der Waals surface area (Å²) >= 11 is 5.72. The number of fused-ring (bicyclic) bond motifs is 1. The van der Waals surface area contributed by atoms with Crippen molar-refractivity contribution in [1.29, 1.82) is 0 Å². The lowest BCUT2D eigenvalue weighted by atomic mass is 10.1. The molecule has 0 unspecified atom stereocenters. The predicted molar refractivity (Wildman–Crippen MR) is 122 cm³/mol. The van der Waals surface area contributed by atoms with Crippen molar-refractivity contribution in [3.8, 4) is 0 Å². The van der Waals surface area contributed by atoms with Crippen LogP contribution in [0.3, 0.4) is 0 Å². The number of carbonyl (C=O) groups is 1. The third kappa shape index (κ3) is 4.56. The molecule has 4 aromatic rings. The molecule has 2 aromatic carbocycles. The van der Waals surface area contributed by atoms with Gasteiger partial charge in [-0.1, -0.05) is 23.7 Å². The van der Waals surface area contributed by atoms with Gasteiger partial charge in [0, 0.05) is 30.3 Å². The van der Waals surface area contributed by atoms with E-state index in [-0.39, 0.29) is 11.6 Å². The van der Waals surface area contributed by atoms with Crippen molar-refractivity contribution in [2.75, 3.05) is 11.9 Å². The van der Waals surface area contributed by atoms with Gasteiger partial charge < -0.3 is 15.7 Å². The average Bonchev–Trinajstić information content (AvgIpc) is 3.09. The van der Waals surface area contributed by atoms with E-state index in [0.29, 0.717) is 16.9 Å². The molecule has 0 bridgehead atoms. The number of hydrogen-bond donors (Lipinski definition) is 3. The second-order valence-corrected chi connectivity index (χ2v) is 7.84. The number of amides is 1.